The number of imidazole rings is 1. The van der Waals surface area contributed by atoms with Crippen molar-refractivity contribution in [2.45, 2.75) is 20.4 Å². The fraction of sp³-hybridized carbons (Fsp3) is 0.333. The monoisotopic (exact) mass is 301 g/mol. The Morgan fingerprint density at radius 3 is 2.76 bits per heavy atom. The second kappa shape index (κ2) is 5.04. The van der Waals surface area contributed by atoms with E-state index in [2.05, 4.69) is 44.7 Å². The van der Waals surface area contributed by atoms with Gasteiger partial charge in [0.1, 0.15) is 5.52 Å². The lowest BCUT2D eigenvalue weighted by Gasteiger charge is -2.14. The van der Waals surface area contributed by atoms with Crippen LogP contribution >= 0.6 is 12.2 Å². The number of benzene rings is 1. The largest absolute Gasteiger partial charge is 0.378 e. The van der Waals surface area contributed by atoms with E-state index in [1.165, 1.54) is 0 Å². The molecule has 1 aromatic carbocycles. The molecule has 0 atom stereocenters. The third kappa shape index (κ3) is 2.15. The van der Waals surface area contributed by atoms with E-state index in [4.69, 9.17) is 12.2 Å². The summed E-state index contributed by atoms with van der Waals surface area (Å²) in [5.41, 5.74) is 5.20. The van der Waals surface area contributed by atoms with E-state index in [1.807, 2.05) is 31.8 Å². The fourth-order valence-corrected chi connectivity index (χ4v) is 2.87. The SMILES string of the molecule is CCn1nc(C)c2[nH]c(=S)n(-c3cccc(N(C)C)c3)c21. The number of H-pyrrole nitrogens is 1. The van der Waals surface area contributed by atoms with Crippen LogP contribution in [0, 0.1) is 11.7 Å². The van der Waals surface area contributed by atoms with Crippen molar-refractivity contribution in [2.24, 2.45) is 0 Å². The van der Waals surface area contributed by atoms with Crippen molar-refractivity contribution in [1.29, 1.82) is 0 Å². The molecule has 0 aliphatic heterocycles. The molecule has 0 saturated heterocycles. The van der Waals surface area contributed by atoms with Gasteiger partial charge < -0.3 is 9.88 Å². The van der Waals surface area contributed by atoms with E-state index in [1.54, 1.807) is 0 Å². The molecule has 5 nitrogen and oxygen atoms in total. The lowest BCUT2D eigenvalue weighted by atomic mass is 10.2. The summed E-state index contributed by atoms with van der Waals surface area (Å²) in [5, 5.41) is 4.56. The Hall–Kier alpha value is -2.08. The lowest BCUT2D eigenvalue weighted by molar-refractivity contribution is 0.662. The van der Waals surface area contributed by atoms with Crippen LogP contribution in [0.3, 0.4) is 0 Å². The third-order valence-corrected chi connectivity index (χ3v) is 3.94. The van der Waals surface area contributed by atoms with Crippen molar-refractivity contribution < 1.29 is 0 Å². The molecule has 1 N–H and O–H groups in total. The van der Waals surface area contributed by atoms with Crippen LogP contribution in [0.1, 0.15) is 12.6 Å². The highest BCUT2D eigenvalue weighted by Gasteiger charge is 2.15. The molecule has 0 amide bonds. The maximum Gasteiger partial charge on any atom is 0.184 e. The third-order valence-electron chi connectivity index (χ3n) is 3.65. The zero-order valence-electron chi connectivity index (χ0n) is 12.7. The molecule has 0 spiro atoms. The fourth-order valence-electron chi connectivity index (χ4n) is 2.57. The summed E-state index contributed by atoms with van der Waals surface area (Å²) in [7, 11) is 4.07. The first-order chi connectivity index (χ1) is 10.0. The number of hydrogen-bond donors (Lipinski definition) is 1. The molecule has 3 rings (SSSR count). The van der Waals surface area contributed by atoms with Gasteiger partial charge in [-0.15, -0.1) is 0 Å². The molecule has 0 aliphatic rings. The highest BCUT2D eigenvalue weighted by atomic mass is 32.1. The van der Waals surface area contributed by atoms with Crippen molar-refractivity contribution in [1.82, 2.24) is 19.3 Å². The Kier molecular flexibility index (Phi) is 3.33. The minimum Gasteiger partial charge on any atom is -0.378 e. The molecule has 6 heteroatoms. The van der Waals surface area contributed by atoms with Crippen LogP contribution < -0.4 is 4.90 Å². The van der Waals surface area contributed by atoms with E-state index in [0.717, 1.165) is 34.8 Å². The zero-order chi connectivity index (χ0) is 15.1. The van der Waals surface area contributed by atoms with Gasteiger partial charge in [0.05, 0.1) is 11.4 Å². The number of nitrogens with zero attached hydrogens (tertiary/aromatic N) is 4. The first-order valence-electron chi connectivity index (χ1n) is 6.98. The summed E-state index contributed by atoms with van der Waals surface area (Å²) >= 11 is 5.52. The predicted molar refractivity (Wildman–Crippen MR) is 89.0 cm³/mol. The van der Waals surface area contributed by atoms with Crippen LogP contribution in [0.2, 0.25) is 0 Å². The van der Waals surface area contributed by atoms with Gasteiger partial charge in [0, 0.05) is 26.3 Å². The van der Waals surface area contributed by atoms with Crippen LogP contribution in [-0.4, -0.2) is 33.4 Å². The molecular formula is C15H19N5S. The molecule has 21 heavy (non-hydrogen) atoms. The van der Waals surface area contributed by atoms with Crippen LogP contribution in [0.25, 0.3) is 16.9 Å². The number of aromatic amines is 1. The van der Waals surface area contributed by atoms with Crippen molar-refractivity contribution in [3.63, 3.8) is 0 Å². The second-order valence-electron chi connectivity index (χ2n) is 5.28. The van der Waals surface area contributed by atoms with Gasteiger partial charge in [-0.25, -0.2) is 4.68 Å². The second-order valence-corrected chi connectivity index (χ2v) is 5.67. The maximum absolute atomic E-state index is 5.52. The molecule has 0 fully saturated rings. The number of nitrogens with one attached hydrogen (secondary N) is 1. The number of fused-ring (bicyclic) bond motifs is 1. The standard InChI is InChI=1S/C15H19N5S/c1-5-19-14-13(10(2)17-19)16-15(21)20(14)12-8-6-7-11(9-12)18(3)4/h6-9H,5H2,1-4H3,(H,16,21). The van der Waals surface area contributed by atoms with Crippen LogP contribution in [0.5, 0.6) is 0 Å². The summed E-state index contributed by atoms with van der Waals surface area (Å²) in [6.45, 7) is 4.90. The van der Waals surface area contributed by atoms with Gasteiger partial charge in [-0.05, 0) is 44.3 Å². The number of anilines is 1. The summed E-state index contributed by atoms with van der Waals surface area (Å²) in [6, 6.07) is 8.33. The summed E-state index contributed by atoms with van der Waals surface area (Å²) in [6.07, 6.45) is 0. The molecule has 0 saturated carbocycles. The molecule has 0 bridgehead atoms. The van der Waals surface area contributed by atoms with Crippen molar-refractivity contribution in [3.05, 3.63) is 34.7 Å². The minimum absolute atomic E-state index is 0.698. The van der Waals surface area contributed by atoms with Gasteiger partial charge in [-0.1, -0.05) is 6.07 Å². The first-order valence-corrected chi connectivity index (χ1v) is 7.39. The molecule has 0 radical (unpaired) electrons. The van der Waals surface area contributed by atoms with Crippen molar-refractivity contribution in [2.75, 3.05) is 19.0 Å². The summed E-state index contributed by atoms with van der Waals surface area (Å²) in [5.74, 6) is 0. The van der Waals surface area contributed by atoms with Gasteiger partial charge >= 0.3 is 0 Å². The highest BCUT2D eigenvalue weighted by molar-refractivity contribution is 7.71. The molecule has 3 aromatic rings. The van der Waals surface area contributed by atoms with E-state index in [-0.39, 0.29) is 0 Å². The van der Waals surface area contributed by atoms with E-state index in [9.17, 15) is 0 Å². The topological polar surface area (TPSA) is 41.8 Å². The minimum atomic E-state index is 0.698. The van der Waals surface area contributed by atoms with Crippen molar-refractivity contribution in [3.8, 4) is 5.69 Å². The Morgan fingerprint density at radius 2 is 2.10 bits per heavy atom. The average Bonchev–Trinajstić information content (AvgIpc) is 2.95. The van der Waals surface area contributed by atoms with Crippen LogP contribution in [0.15, 0.2) is 24.3 Å². The Bertz CT molecular complexity index is 853. The number of hydrogen-bond acceptors (Lipinski definition) is 3. The molecule has 2 aromatic heterocycles. The summed E-state index contributed by atoms with van der Waals surface area (Å²) < 4.78 is 4.74. The van der Waals surface area contributed by atoms with Gasteiger partial charge in [0.25, 0.3) is 0 Å². The normalized spacial score (nSPS) is 11.2. The van der Waals surface area contributed by atoms with Gasteiger partial charge in [0.2, 0.25) is 0 Å². The Balaban J connectivity index is 2.32. The predicted octanol–water partition coefficient (Wildman–Crippen LogP) is 3.28. The number of aryl methyl sites for hydroxylation is 2. The van der Waals surface area contributed by atoms with E-state index >= 15 is 0 Å². The van der Waals surface area contributed by atoms with Crippen LogP contribution in [-0.2, 0) is 6.54 Å². The highest BCUT2D eigenvalue weighted by Crippen LogP contribution is 2.24. The number of rotatable bonds is 3. The number of aromatic nitrogens is 4. The van der Waals surface area contributed by atoms with E-state index in [0.29, 0.717) is 4.77 Å². The molecule has 0 unspecified atom stereocenters. The lowest BCUT2D eigenvalue weighted by Crippen LogP contribution is -2.09. The van der Waals surface area contributed by atoms with Crippen molar-refractivity contribution >= 4 is 29.1 Å². The quantitative estimate of drug-likeness (QED) is 0.755. The maximum atomic E-state index is 5.52. The molecule has 2 heterocycles. The molecular weight excluding hydrogens is 282 g/mol. The first kappa shape index (κ1) is 13.9. The van der Waals surface area contributed by atoms with E-state index < -0.39 is 0 Å². The smallest absolute Gasteiger partial charge is 0.184 e. The average molecular weight is 301 g/mol. The van der Waals surface area contributed by atoms with Crippen LogP contribution in [0.4, 0.5) is 5.69 Å². The Labute approximate surface area is 128 Å². The zero-order valence-corrected chi connectivity index (χ0v) is 13.5. The van der Waals surface area contributed by atoms with Gasteiger partial charge in [-0.3, -0.25) is 4.57 Å². The summed E-state index contributed by atoms with van der Waals surface area (Å²) in [4.78, 5) is 5.36. The van der Waals surface area contributed by atoms with Gasteiger partial charge in [0.15, 0.2) is 10.4 Å². The Morgan fingerprint density at radius 1 is 1.33 bits per heavy atom. The molecule has 110 valence electrons. The van der Waals surface area contributed by atoms with Gasteiger partial charge in [-0.2, -0.15) is 5.10 Å². The molecule has 0 aliphatic carbocycles.